The highest BCUT2D eigenvalue weighted by Crippen LogP contribution is 2.02. The SMILES string of the molecule is Cn1cc(O)n(C(=O)O)c1=N. The smallest absolute Gasteiger partial charge is 0.421 e. The first kappa shape index (κ1) is 7.39. The minimum Gasteiger partial charge on any atom is -0.493 e. The maximum Gasteiger partial charge on any atom is 0.421 e. The molecule has 0 fully saturated rings. The van der Waals surface area contributed by atoms with Crippen molar-refractivity contribution in [1.82, 2.24) is 9.13 Å². The quantitative estimate of drug-likeness (QED) is 0.475. The Bertz CT molecular complexity index is 348. The third-order valence-corrected chi connectivity index (χ3v) is 1.28. The molecule has 1 aromatic rings. The Hall–Kier alpha value is -1.72. The Balaban J connectivity index is 3.47. The van der Waals surface area contributed by atoms with Crippen LogP contribution in [0.2, 0.25) is 0 Å². The summed E-state index contributed by atoms with van der Waals surface area (Å²) in [7, 11) is 1.47. The van der Waals surface area contributed by atoms with Gasteiger partial charge < -0.3 is 14.8 Å². The molecule has 11 heavy (non-hydrogen) atoms. The third kappa shape index (κ3) is 0.977. The molecule has 6 heteroatoms. The Kier molecular flexibility index (Phi) is 1.45. The number of hydrogen-bond acceptors (Lipinski definition) is 3. The lowest BCUT2D eigenvalue weighted by Gasteiger charge is -1.92. The van der Waals surface area contributed by atoms with E-state index in [1.165, 1.54) is 11.6 Å². The second kappa shape index (κ2) is 2.15. The van der Waals surface area contributed by atoms with Crippen molar-refractivity contribution in [3.8, 4) is 5.88 Å². The van der Waals surface area contributed by atoms with Crippen molar-refractivity contribution in [2.75, 3.05) is 0 Å². The second-order valence-electron chi connectivity index (χ2n) is 2.04. The van der Waals surface area contributed by atoms with Crippen LogP contribution >= 0.6 is 0 Å². The summed E-state index contributed by atoms with van der Waals surface area (Å²) >= 11 is 0. The number of hydrogen-bond donors (Lipinski definition) is 3. The molecule has 60 valence electrons. The highest BCUT2D eigenvalue weighted by molar-refractivity contribution is 5.69. The summed E-state index contributed by atoms with van der Waals surface area (Å²) in [6, 6.07) is 0. The lowest BCUT2D eigenvalue weighted by molar-refractivity contribution is 0.191. The van der Waals surface area contributed by atoms with E-state index >= 15 is 0 Å². The molecule has 0 atom stereocenters. The summed E-state index contributed by atoms with van der Waals surface area (Å²) in [5.41, 5.74) is -0.282. The zero-order valence-corrected chi connectivity index (χ0v) is 5.77. The van der Waals surface area contributed by atoms with Gasteiger partial charge in [0.1, 0.15) is 0 Å². The molecule has 3 N–H and O–H groups in total. The average Bonchev–Trinajstić information content (AvgIpc) is 2.07. The van der Waals surface area contributed by atoms with Crippen LogP contribution in [0.15, 0.2) is 6.20 Å². The Morgan fingerprint density at radius 1 is 1.73 bits per heavy atom. The first-order chi connectivity index (χ1) is 5.04. The topological polar surface area (TPSA) is 91.2 Å². The maximum absolute atomic E-state index is 10.3. The monoisotopic (exact) mass is 157 g/mol. The van der Waals surface area contributed by atoms with Crippen LogP contribution in [-0.2, 0) is 7.05 Å². The van der Waals surface area contributed by atoms with Crippen molar-refractivity contribution in [3.05, 3.63) is 11.8 Å². The van der Waals surface area contributed by atoms with Gasteiger partial charge in [0.15, 0.2) is 0 Å². The fourth-order valence-electron chi connectivity index (χ4n) is 0.747. The van der Waals surface area contributed by atoms with E-state index in [0.29, 0.717) is 4.57 Å². The molecule has 0 aromatic carbocycles. The lowest BCUT2D eigenvalue weighted by Crippen LogP contribution is -2.26. The number of nitrogens with zero attached hydrogens (tertiary/aromatic N) is 2. The van der Waals surface area contributed by atoms with Crippen molar-refractivity contribution in [2.45, 2.75) is 0 Å². The highest BCUT2D eigenvalue weighted by Gasteiger charge is 2.10. The van der Waals surface area contributed by atoms with E-state index in [-0.39, 0.29) is 5.62 Å². The standard InChI is InChI=1S/C5H7N3O3/c1-7-2-3(9)8(4(7)6)5(10)11/h2,6,9H,1H3,(H,10,11). The van der Waals surface area contributed by atoms with Crippen molar-refractivity contribution in [3.63, 3.8) is 0 Å². The van der Waals surface area contributed by atoms with Gasteiger partial charge in [0.25, 0.3) is 0 Å². The van der Waals surface area contributed by atoms with E-state index in [9.17, 15) is 4.79 Å². The van der Waals surface area contributed by atoms with E-state index < -0.39 is 12.0 Å². The average molecular weight is 157 g/mol. The largest absolute Gasteiger partial charge is 0.493 e. The molecular formula is C5H7N3O3. The summed E-state index contributed by atoms with van der Waals surface area (Å²) in [6.45, 7) is 0. The zero-order chi connectivity index (χ0) is 8.59. The Labute approximate surface area is 61.4 Å². The maximum atomic E-state index is 10.3. The molecule has 0 amide bonds. The molecule has 1 rings (SSSR count). The molecule has 0 bridgehead atoms. The number of imidazole rings is 1. The number of rotatable bonds is 0. The van der Waals surface area contributed by atoms with E-state index in [4.69, 9.17) is 15.6 Å². The van der Waals surface area contributed by atoms with Gasteiger partial charge in [-0.2, -0.15) is 4.57 Å². The minimum absolute atomic E-state index is 0.282. The lowest BCUT2D eigenvalue weighted by atomic mass is 10.8. The summed E-state index contributed by atoms with van der Waals surface area (Å²) in [5.74, 6) is -0.454. The molecule has 0 radical (unpaired) electrons. The summed E-state index contributed by atoms with van der Waals surface area (Å²) in [4.78, 5) is 10.3. The van der Waals surface area contributed by atoms with Gasteiger partial charge in [-0.15, -0.1) is 0 Å². The first-order valence-electron chi connectivity index (χ1n) is 2.79. The first-order valence-corrected chi connectivity index (χ1v) is 2.79. The molecular weight excluding hydrogens is 150 g/mol. The van der Waals surface area contributed by atoms with Gasteiger partial charge in [0.2, 0.25) is 11.5 Å². The molecule has 0 spiro atoms. The Morgan fingerprint density at radius 2 is 2.27 bits per heavy atom. The van der Waals surface area contributed by atoms with Crippen LogP contribution in [0.4, 0.5) is 4.79 Å². The number of aromatic nitrogens is 2. The van der Waals surface area contributed by atoms with E-state index in [0.717, 1.165) is 6.20 Å². The normalized spacial score (nSPS) is 9.91. The molecule has 0 saturated heterocycles. The van der Waals surface area contributed by atoms with Crippen molar-refractivity contribution >= 4 is 6.09 Å². The van der Waals surface area contributed by atoms with E-state index in [2.05, 4.69) is 0 Å². The zero-order valence-electron chi connectivity index (χ0n) is 5.77. The van der Waals surface area contributed by atoms with Crippen LogP contribution < -0.4 is 5.62 Å². The third-order valence-electron chi connectivity index (χ3n) is 1.28. The van der Waals surface area contributed by atoms with E-state index in [1.54, 1.807) is 0 Å². The van der Waals surface area contributed by atoms with Gasteiger partial charge >= 0.3 is 6.09 Å². The summed E-state index contributed by atoms with van der Waals surface area (Å²) in [5, 5.41) is 24.5. The molecule has 0 aliphatic heterocycles. The van der Waals surface area contributed by atoms with Crippen LogP contribution in [-0.4, -0.2) is 25.4 Å². The van der Waals surface area contributed by atoms with Gasteiger partial charge in [0.05, 0.1) is 6.20 Å². The summed E-state index contributed by atoms with van der Waals surface area (Å²) < 4.78 is 1.67. The molecule has 1 heterocycles. The number of nitrogens with one attached hydrogen (secondary N) is 1. The van der Waals surface area contributed by atoms with E-state index in [1.807, 2.05) is 0 Å². The Morgan fingerprint density at radius 3 is 2.45 bits per heavy atom. The molecule has 0 unspecified atom stereocenters. The predicted octanol–water partition coefficient (Wildman–Crippen LogP) is -0.462. The van der Waals surface area contributed by atoms with Crippen LogP contribution in [0.25, 0.3) is 0 Å². The molecule has 0 aliphatic carbocycles. The molecule has 6 nitrogen and oxygen atoms in total. The van der Waals surface area contributed by atoms with Crippen molar-refractivity contribution in [1.29, 1.82) is 5.41 Å². The minimum atomic E-state index is -1.37. The van der Waals surface area contributed by atoms with Crippen molar-refractivity contribution in [2.24, 2.45) is 7.05 Å². The van der Waals surface area contributed by atoms with Crippen LogP contribution in [0.3, 0.4) is 0 Å². The fraction of sp³-hybridized carbons (Fsp3) is 0.200. The number of aryl methyl sites for hydroxylation is 1. The highest BCUT2D eigenvalue weighted by atomic mass is 16.4. The van der Waals surface area contributed by atoms with Gasteiger partial charge in [-0.05, 0) is 0 Å². The summed E-state index contributed by atoms with van der Waals surface area (Å²) in [6.07, 6.45) is -0.218. The van der Waals surface area contributed by atoms with Gasteiger partial charge in [0, 0.05) is 7.05 Å². The van der Waals surface area contributed by atoms with Crippen molar-refractivity contribution < 1.29 is 15.0 Å². The van der Waals surface area contributed by atoms with Crippen LogP contribution in [0.5, 0.6) is 5.88 Å². The molecule has 1 aromatic heterocycles. The fourth-order valence-corrected chi connectivity index (χ4v) is 0.747. The molecule has 0 saturated carbocycles. The number of carboxylic acid groups (broad SMARTS) is 1. The van der Waals surface area contributed by atoms with Gasteiger partial charge in [-0.25, -0.2) is 4.79 Å². The molecule has 0 aliphatic rings. The number of carbonyl (C=O) groups is 1. The van der Waals surface area contributed by atoms with Gasteiger partial charge in [-0.1, -0.05) is 0 Å². The van der Waals surface area contributed by atoms with Gasteiger partial charge in [-0.3, -0.25) is 5.41 Å². The van der Waals surface area contributed by atoms with Crippen LogP contribution in [0, 0.1) is 5.41 Å². The predicted molar refractivity (Wildman–Crippen MR) is 34.3 cm³/mol. The number of aromatic hydroxyl groups is 1. The van der Waals surface area contributed by atoms with Crippen LogP contribution in [0.1, 0.15) is 0 Å². The second-order valence-corrected chi connectivity index (χ2v) is 2.04.